The van der Waals surface area contributed by atoms with Crippen molar-refractivity contribution in [3.8, 4) is 5.75 Å². The normalized spacial score (nSPS) is 12.0. The number of carbonyl (C=O) groups is 1. The van der Waals surface area contributed by atoms with E-state index in [9.17, 15) is 9.90 Å². The SMILES string of the molecule is CN(C)C(=O)NC(c1cccnc1)c1cc(Cl)c2cccnc2c1O. The fraction of sp³-hybridized carbons (Fsp3) is 0.167. The first kappa shape index (κ1) is 17.0. The van der Waals surface area contributed by atoms with Crippen molar-refractivity contribution in [1.82, 2.24) is 20.2 Å². The monoisotopic (exact) mass is 356 g/mol. The molecule has 2 amide bonds. The molecule has 0 saturated heterocycles. The van der Waals surface area contributed by atoms with Gasteiger partial charge in [-0.2, -0.15) is 0 Å². The van der Waals surface area contributed by atoms with Crippen molar-refractivity contribution in [3.63, 3.8) is 0 Å². The molecule has 1 unspecified atom stereocenters. The van der Waals surface area contributed by atoms with E-state index in [1.807, 2.05) is 6.07 Å². The smallest absolute Gasteiger partial charge is 0.317 e. The number of halogens is 1. The molecule has 0 aliphatic heterocycles. The molecule has 7 heteroatoms. The molecular formula is C18H17ClN4O2. The Hall–Kier alpha value is -2.86. The summed E-state index contributed by atoms with van der Waals surface area (Å²) in [5.74, 6) is -0.0205. The third-order valence-corrected chi connectivity index (χ3v) is 4.16. The molecule has 3 rings (SSSR count). The Balaban J connectivity index is 2.18. The molecule has 2 heterocycles. The van der Waals surface area contributed by atoms with Crippen LogP contribution in [0.1, 0.15) is 17.2 Å². The molecule has 2 aromatic heterocycles. The second-order valence-electron chi connectivity index (χ2n) is 5.76. The van der Waals surface area contributed by atoms with Gasteiger partial charge in [-0.15, -0.1) is 0 Å². The van der Waals surface area contributed by atoms with Crippen LogP contribution in [-0.2, 0) is 0 Å². The number of phenols is 1. The molecule has 0 radical (unpaired) electrons. The van der Waals surface area contributed by atoms with Crippen molar-refractivity contribution in [2.45, 2.75) is 6.04 Å². The number of urea groups is 1. The molecule has 128 valence electrons. The number of amides is 2. The van der Waals surface area contributed by atoms with Gasteiger partial charge in [-0.3, -0.25) is 9.97 Å². The molecule has 1 atom stereocenters. The average molecular weight is 357 g/mol. The van der Waals surface area contributed by atoms with Crippen LogP contribution >= 0.6 is 11.6 Å². The Morgan fingerprint density at radius 3 is 2.72 bits per heavy atom. The molecule has 0 bridgehead atoms. The van der Waals surface area contributed by atoms with E-state index in [2.05, 4.69) is 15.3 Å². The Kier molecular flexibility index (Phi) is 4.72. The largest absolute Gasteiger partial charge is 0.505 e. The molecule has 2 N–H and O–H groups in total. The number of nitrogens with one attached hydrogen (secondary N) is 1. The Morgan fingerprint density at radius 2 is 2.04 bits per heavy atom. The number of pyridine rings is 2. The van der Waals surface area contributed by atoms with Gasteiger partial charge in [0.1, 0.15) is 11.3 Å². The van der Waals surface area contributed by atoms with Gasteiger partial charge in [0.05, 0.1) is 11.1 Å². The van der Waals surface area contributed by atoms with Crippen LogP contribution < -0.4 is 5.32 Å². The Morgan fingerprint density at radius 1 is 1.28 bits per heavy atom. The summed E-state index contributed by atoms with van der Waals surface area (Å²) >= 11 is 6.37. The van der Waals surface area contributed by atoms with Crippen LogP contribution in [0, 0.1) is 0 Å². The van der Waals surface area contributed by atoms with E-state index < -0.39 is 6.04 Å². The molecule has 3 aromatic rings. The predicted octanol–water partition coefficient (Wildman–Crippen LogP) is 3.35. The standard InChI is InChI=1S/C18H17ClN4O2/c1-23(2)18(25)22-15(11-5-3-7-20-10-11)13-9-14(19)12-6-4-8-21-16(12)17(13)24/h3-10,15,24H,1-2H3,(H,22,25). The lowest BCUT2D eigenvalue weighted by Gasteiger charge is -2.23. The van der Waals surface area contributed by atoms with E-state index in [0.717, 1.165) is 5.56 Å². The number of fused-ring (bicyclic) bond motifs is 1. The minimum atomic E-state index is -0.618. The van der Waals surface area contributed by atoms with Gasteiger partial charge in [-0.25, -0.2) is 4.79 Å². The number of nitrogens with zero attached hydrogens (tertiary/aromatic N) is 3. The summed E-state index contributed by atoms with van der Waals surface area (Å²) in [5, 5.41) is 14.7. The fourth-order valence-corrected chi connectivity index (χ4v) is 2.84. The summed E-state index contributed by atoms with van der Waals surface area (Å²) in [7, 11) is 3.29. The van der Waals surface area contributed by atoms with Gasteiger partial charge in [-0.1, -0.05) is 17.7 Å². The molecule has 0 saturated carbocycles. The minimum absolute atomic E-state index is 0.0205. The zero-order valence-corrected chi connectivity index (χ0v) is 14.5. The van der Waals surface area contributed by atoms with E-state index >= 15 is 0 Å². The number of rotatable bonds is 3. The first-order chi connectivity index (χ1) is 12.0. The van der Waals surface area contributed by atoms with Gasteiger partial charge in [0, 0.05) is 43.6 Å². The predicted molar refractivity (Wildman–Crippen MR) is 96.7 cm³/mol. The van der Waals surface area contributed by atoms with Gasteiger partial charge in [0.2, 0.25) is 0 Å². The highest BCUT2D eigenvalue weighted by Crippen LogP contribution is 2.38. The number of phenolic OH excluding ortho intramolecular Hbond substituents is 1. The maximum Gasteiger partial charge on any atom is 0.317 e. The van der Waals surface area contributed by atoms with E-state index in [0.29, 0.717) is 21.5 Å². The lowest BCUT2D eigenvalue weighted by Crippen LogP contribution is -2.37. The highest BCUT2D eigenvalue weighted by molar-refractivity contribution is 6.35. The molecule has 6 nitrogen and oxygen atoms in total. The zero-order chi connectivity index (χ0) is 18.0. The number of benzene rings is 1. The molecule has 0 aliphatic carbocycles. The lowest BCUT2D eigenvalue weighted by atomic mass is 9.97. The van der Waals surface area contributed by atoms with Crippen LogP contribution in [0.25, 0.3) is 10.9 Å². The number of carbonyl (C=O) groups excluding carboxylic acids is 1. The van der Waals surface area contributed by atoms with Crippen LogP contribution in [0.3, 0.4) is 0 Å². The first-order valence-corrected chi connectivity index (χ1v) is 8.00. The fourth-order valence-electron chi connectivity index (χ4n) is 2.57. The topological polar surface area (TPSA) is 78.4 Å². The van der Waals surface area contributed by atoms with Crippen LogP contribution in [0.5, 0.6) is 5.75 Å². The zero-order valence-electron chi connectivity index (χ0n) is 13.8. The highest BCUT2D eigenvalue weighted by Gasteiger charge is 2.24. The molecule has 25 heavy (non-hydrogen) atoms. The number of aromatic nitrogens is 2. The van der Waals surface area contributed by atoms with Crippen LogP contribution in [-0.4, -0.2) is 40.1 Å². The molecule has 0 aliphatic rings. The van der Waals surface area contributed by atoms with Crippen LogP contribution in [0.2, 0.25) is 5.02 Å². The van der Waals surface area contributed by atoms with Crippen molar-refractivity contribution in [3.05, 3.63) is 65.1 Å². The highest BCUT2D eigenvalue weighted by atomic mass is 35.5. The first-order valence-electron chi connectivity index (χ1n) is 7.63. The third-order valence-electron chi connectivity index (χ3n) is 3.85. The summed E-state index contributed by atoms with van der Waals surface area (Å²) in [6.45, 7) is 0. The average Bonchev–Trinajstić information content (AvgIpc) is 2.63. The van der Waals surface area contributed by atoms with Crippen LogP contribution in [0.15, 0.2) is 48.9 Å². The Bertz CT molecular complexity index is 916. The van der Waals surface area contributed by atoms with Crippen LogP contribution in [0.4, 0.5) is 4.79 Å². The lowest BCUT2D eigenvalue weighted by molar-refractivity contribution is 0.215. The maximum absolute atomic E-state index is 12.2. The van der Waals surface area contributed by atoms with Crippen molar-refractivity contribution < 1.29 is 9.90 Å². The van der Waals surface area contributed by atoms with Crippen molar-refractivity contribution in [2.24, 2.45) is 0 Å². The minimum Gasteiger partial charge on any atom is -0.505 e. The quantitative estimate of drug-likeness (QED) is 0.754. The van der Waals surface area contributed by atoms with Gasteiger partial charge in [0.15, 0.2) is 0 Å². The summed E-state index contributed by atoms with van der Waals surface area (Å²) in [6, 6.07) is 7.85. The van der Waals surface area contributed by atoms with Crippen molar-refractivity contribution in [2.75, 3.05) is 14.1 Å². The van der Waals surface area contributed by atoms with Gasteiger partial charge in [0.25, 0.3) is 0 Å². The van der Waals surface area contributed by atoms with E-state index in [1.54, 1.807) is 57.0 Å². The van der Waals surface area contributed by atoms with Gasteiger partial charge < -0.3 is 15.3 Å². The van der Waals surface area contributed by atoms with E-state index in [4.69, 9.17) is 11.6 Å². The molecular weight excluding hydrogens is 340 g/mol. The maximum atomic E-state index is 12.2. The van der Waals surface area contributed by atoms with Gasteiger partial charge >= 0.3 is 6.03 Å². The van der Waals surface area contributed by atoms with E-state index in [-0.39, 0.29) is 11.8 Å². The molecule has 0 fully saturated rings. The number of hydrogen-bond acceptors (Lipinski definition) is 4. The number of aromatic hydroxyl groups is 1. The Labute approximate surface area is 150 Å². The second-order valence-corrected chi connectivity index (χ2v) is 6.17. The summed E-state index contributed by atoms with van der Waals surface area (Å²) in [5.41, 5.74) is 1.57. The molecule has 0 spiro atoms. The summed E-state index contributed by atoms with van der Waals surface area (Å²) in [4.78, 5) is 22.0. The molecule has 1 aromatic carbocycles. The number of hydrogen-bond donors (Lipinski definition) is 2. The van der Waals surface area contributed by atoms with Crippen molar-refractivity contribution >= 4 is 28.5 Å². The van der Waals surface area contributed by atoms with E-state index in [1.165, 1.54) is 4.90 Å². The third kappa shape index (κ3) is 3.34. The summed E-state index contributed by atoms with van der Waals surface area (Å²) in [6.07, 6.45) is 4.86. The van der Waals surface area contributed by atoms with Crippen molar-refractivity contribution in [1.29, 1.82) is 0 Å². The second kappa shape index (κ2) is 6.94. The summed E-state index contributed by atoms with van der Waals surface area (Å²) < 4.78 is 0. The van der Waals surface area contributed by atoms with Gasteiger partial charge in [-0.05, 0) is 29.8 Å².